The van der Waals surface area contributed by atoms with Crippen molar-refractivity contribution in [1.82, 2.24) is 10.2 Å². The molecule has 0 radical (unpaired) electrons. The number of carbonyl (C=O) groups is 1. The topological polar surface area (TPSA) is 106 Å². The van der Waals surface area contributed by atoms with Gasteiger partial charge >= 0.3 is 0 Å². The Morgan fingerprint density at radius 3 is 2.11 bits per heavy atom. The van der Waals surface area contributed by atoms with Crippen LogP contribution in [-0.2, 0) is 4.79 Å². The summed E-state index contributed by atoms with van der Waals surface area (Å²) in [5, 5.41) is 8.87. The Balaban J connectivity index is 2.23. The van der Waals surface area contributed by atoms with Crippen LogP contribution >= 0.6 is 0 Å². The van der Waals surface area contributed by atoms with Gasteiger partial charge in [0.25, 0.3) is 0 Å². The summed E-state index contributed by atoms with van der Waals surface area (Å²) in [5.74, 6) is 0.783. The van der Waals surface area contributed by atoms with Gasteiger partial charge in [-0.15, -0.1) is 0 Å². The largest absolute Gasteiger partial charge is 0.493 e. The van der Waals surface area contributed by atoms with Crippen molar-refractivity contribution < 1.29 is 23.7 Å². The van der Waals surface area contributed by atoms with Crippen LogP contribution in [0.2, 0.25) is 0 Å². The Hall–Kier alpha value is -3.55. The van der Waals surface area contributed by atoms with Gasteiger partial charge in [-0.2, -0.15) is 10.2 Å². The van der Waals surface area contributed by atoms with E-state index in [4.69, 9.17) is 24.7 Å². The number of primary amides is 1. The van der Waals surface area contributed by atoms with Crippen LogP contribution < -0.4 is 24.7 Å². The molecule has 146 valence electrons. The summed E-state index contributed by atoms with van der Waals surface area (Å²) in [6.07, 6.45) is 1.53. The number of amides is 1. The second-order valence-electron chi connectivity index (χ2n) is 5.97. The third-order valence-electron chi connectivity index (χ3n) is 4.51. The number of aromatic nitrogens is 2. The summed E-state index contributed by atoms with van der Waals surface area (Å²) in [5.41, 5.74) is 7.57. The van der Waals surface area contributed by atoms with E-state index in [9.17, 15) is 4.79 Å². The van der Waals surface area contributed by atoms with Gasteiger partial charge in [0.1, 0.15) is 0 Å². The number of hydrogen-bond donors (Lipinski definition) is 1. The van der Waals surface area contributed by atoms with Crippen molar-refractivity contribution in [3.63, 3.8) is 0 Å². The number of nitrogens with zero attached hydrogens (tertiary/aromatic N) is 2. The number of ether oxygens (including phenoxy) is 4. The minimum absolute atomic E-state index is 0.497. The number of nitrogens with two attached hydrogens (primary N) is 1. The maximum atomic E-state index is 12.4. The molecule has 1 heterocycles. The fourth-order valence-electron chi connectivity index (χ4n) is 3.16. The average Bonchev–Trinajstić information content (AvgIpc) is 2.72. The fourth-order valence-corrected chi connectivity index (χ4v) is 3.16. The molecule has 2 N–H and O–H groups in total. The summed E-state index contributed by atoms with van der Waals surface area (Å²) in [7, 11) is 6.15. The number of fused-ring (bicyclic) bond motifs is 1. The van der Waals surface area contributed by atoms with Crippen molar-refractivity contribution in [1.29, 1.82) is 0 Å². The molecule has 0 saturated carbocycles. The monoisotopic (exact) mass is 383 g/mol. The third-order valence-corrected chi connectivity index (χ3v) is 4.51. The summed E-state index contributed by atoms with van der Waals surface area (Å²) in [6, 6.07) is 8.68. The van der Waals surface area contributed by atoms with Gasteiger partial charge in [0.2, 0.25) is 5.91 Å². The Labute approximate surface area is 162 Å². The SMILES string of the molecule is COc1ccc([C@H](C(N)=O)c2cnnc3cc(OC)c(OC)cc23)cc1OC. The molecule has 0 unspecified atom stereocenters. The van der Waals surface area contributed by atoms with Crippen LogP contribution in [0, 0.1) is 0 Å². The second-order valence-corrected chi connectivity index (χ2v) is 5.97. The zero-order chi connectivity index (χ0) is 20.3. The Morgan fingerprint density at radius 2 is 1.50 bits per heavy atom. The predicted molar refractivity (Wildman–Crippen MR) is 103 cm³/mol. The quantitative estimate of drug-likeness (QED) is 0.667. The highest BCUT2D eigenvalue weighted by atomic mass is 16.5. The summed E-state index contributed by atoms with van der Waals surface area (Å²) in [6.45, 7) is 0. The maximum absolute atomic E-state index is 12.4. The minimum Gasteiger partial charge on any atom is -0.493 e. The zero-order valence-corrected chi connectivity index (χ0v) is 16.1. The molecular formula is C20H21N3O5. The minimum atomic E-state index is -0.768. The highest BCUT2D eigenvalue weighted by Gasteiger charge is 2.25. The van der Waals surface area contributed by atoms with E-state index in [-0.39, 0.29) is 0 Å². The van der Waals surface area contributed by atoms with Gasteiger partial charge in [0, 0.05) is 11.5 Å². The summed E-state index contributed by atoms with van der Waals surface area (Å²) < 4.78 is 21.3. The van der Waals surface area contributed by atoms with Crippen molar-refractivity contribution in [2.75, 3.05) is 28.4 Å². The lowest BCUT2D eigenvalue weighted by molar-refractivity contribution is -0.118. The number of benzene rings is 2. The maximum Gasteiger partial charge on any atom is 0.229 e. The van der Waals surface area contributed by atoms with Crippen LogP contribution in [-0.4, -0.2) is 44.5 Å². The molecule has 0 saturated heterocycles. The van der Waals surface area contributed by atoms with Gasteiger partial charge < -0.3 is 24.7 Å². The Kier molecular flexibility index (Phi) is 5.49. The van der Waals surface area contributed by atoms with Gasteiger partial charge in [0.05, 0.1) is 46.1 Å². The Morgan fingerprint density at radius 1 is 0.893 bits per heavy atom. The number of methoxy groups -OCH3 is 4. The number of carbonyl (C=O) groups excluding carboxylic acids is 1. The first-order chi connectivity index (χ1) is 13.5. The molecule has 0 aliphatic heterocycles. The van der Waals surface area contributed by atoms with Crippen molar-refractivity contribution in [3.8, 4) is 23.0 Å². The van der Waals surface area contributed by atoms with E-state index in [2.05, 4.69) is 10.2 Å². The van der Waals surface area contributed by atoms with Crippen molar-refractivity contribution in [3.05, 3.63) is 47.7 Å². The van der Waals surface area contributed by atoms with Gasteiger partial charge in [0.15, 0.2) is 23.0 Å². The lowest BCUT2D eigenvalue weighted by Gasteiger charge is -2.18. The highest BCUT2D eigenvalue weighted by molar-refractivity contribution is 5.94. The van der Waals surface area contributed by atoms with E-state index < -0.39 is 11.8 Å². The molecule has 1 amide bonds. The summed E-state index contributed by atoms with van der Waals surface area (Å²) >= 11 is 0. The molecule has 0 fully saturated rings. The van der Waals surface area contributed by atoms with Crippen LogP contribution in [0.1, 0.15) is 17.0 Å². The summed E-state index contributed by atoms with van der Waals surface area (Å²) in [4.78, 5) is 12.4. The molecule has 3 aromatic rings. The predicted octanol–water partition coefficient (Wildman–Crippen LogP) is 2.28. The van der Waals surface area contributed by atoms with Crippen LogP contribution in [0.15, 0.2) is 36.5 Å². The van der Waals surface area contributed by atoms with E-state index in [1.165, 1.54) is 27.5 Å². The van der Waals surface area contributed by atoms with E-state index in [0.29, 0.717) is 45.0 Å². The molecule has 28 heavy (non-hydrogen) atoms. The van der Waals surface area contributed by atoms with Crippen molar-refractivity contribution in [2.45, 2.75) is 5.92 Å². The molecule has 3 rings (SSSR count). The molecule has 1 aromatic heterocycles. The molecule has 0 aliphatic carbocycles. The molecule has 0 aliphatic rings. The van der Waals surface area contributed by atoms with Gasteiger partial charge in [-0.05, 0) is 29.3 Å². The van der Waals surface area contributed by atoms with Crippen LogP contribution in [0.4, 0.5) is 0 Å². The highest BCUT2D eigenvalue weighted by Crippen LogP contribution is 2.38. The molecule has 0 spiro atoms. The zero-order valence-electron chi connectivity index (χ0n) is 16.1. The average molecular weight is 383 g/mol. The smallest absolute Gasteiger partial charge is 0.229 e. The fraction of sp³-hybridized carbons (Fsp3) is 0.250. The van der Waals surface area contributed by atoms with E-state index >= 15 is 0 Å². The Bertz CT molecular complexity index is 1020. The van der Waals surface area contributed by atoms with Gasteiger partial charge in [-0.25, -0.2) is 0 Å². The lowest BCUT2D eigenvalue weighted by atomic mass is 9.89. The second kappa shape index (κ2) is 7.99. The third kappa shape index (κ3) is 3.36. The normalized spacial score (nSPS) is 11.7. The van der Waals surface area contributed by atoms with Crippen molar-refractivity contribution >= 4 is 16.8 Å². The van der Waals surface area contributed by atoms with Crippen LogP contribution in [0.5, 0.6) is 23.0 Å². The molecule has 8 nitrogen and oxygen atoms in total. The molecule has 2 aromatic carbocycles. The van der Waals surface area contributed by atoms with E-state index in [1.54, 1.807) is 37.4 Å². The number of hydrogen-bond acceptors (Lipinski definition) is 7. The standard InChI is InChI=1S/C20H21N3O5/c1-25-15-6-5-11(7-16(15)26-2)19(20(21)24)13-10-22-23-14-9-18(28-4)17(27-3)8-12(13)14/h5-10,19H,1-4H3,(H2,21,24)/t19-/m0/s1. The van der Waals surface area contributed by atoms with E-state index in [1.807, 2.05) is 0 Å². The van der Waals surface area contributed by atoms with Crippen LogP contribution in [0.3, 0.4) is 0 Å². The number of rotatable bonds is 7. The molecule has 0 bridgehead atoms. The van der Waals surface area contributed by atoms with E-state index in [0.717, 1.165) is 0 Å². The van der Waals surface area contributed by atoms with Gasteiger partial charge in [-0.3, -0.25) is 4.79 Å². The van der Waals surface area contributed by atoms with Crippen molar-refractivity contribution in [2.24, 2.45) is 5.73 Å². The van der Waals surface area contributed by atoms with Crippen LogP contribution in [0.25, 0.3) is 10.9 Å². The first-order valence-corrected chi connectivity index (χ1v) is 8.42. The first-order valence-electron chi connectivity index (χ1n) is 8.42. The van der Waals surface area contributed by atoms with Gasteiger partial charge in [-0.1, -0.05) is 6.07 Å². The molecule has 1 atom stereocenters. The molecule has 8 heteroatoms. The lowest BCUT2D eigenvalue weighted by Crippen LogP contribution is -2.23. The molecular weight excluding hydrogens is 362 g/mol. The first kappa shape index (κ1) is 19.2.